The van der Waals surface area contributed by atoms with Gasteiger partial charge in [-0.3, -0.25) is 9.69 Å². The second kappa shape index (κ2) is 9.10. The molecule has 6 nitrogen and oxygen atoms in total. The Morgan fingerprint density at radius 3 is 2.59 bits per heavy atom. The molecule has 1 N–H and O–H groups in total. The number of nitrogens with one attached hydrogen (secondary N) is 1. The second-order valence-corrected chi connectivity index (χ2v) is 8.52. The van der Waals surface area contributed by atoms with Crippen LogP contribution in [0.15, 0.2) is 71.3 Å². The highest BCUT2D eigenvalue weighted by Crippen LogP contribution is 2.26. The maximum absolute atomic E-state index is 12.9. The second-order valence-electron chi connectivity index (χ2n) is 8.08. The van der Waals surface area contributed by atoms with Crippen molar-refractivity contribution in [2.75, 3.05) is 18.4 Å². The first-order chi connectivity index (χ1) is 15.7. The van der Waals surface area contributed by atoms with Crippen LogP contribution < -0.4 is 5.32 Å². The molecular formula is C25H23ClN4O2. The first kappa shape index (κ1) is 20.7. The van der Waals surface area contributed by atoms with E-state index in [4.69, 9.17) is 16.1 Å². The predicted octanol–water partition coefficient (Wildman–Crippen LogP) is 5.39. The zero-order valence-electron chi connectivity index (χ0n) is 17.5. The number of halogens is 1. The number of likely N-dealkylation sites (tertiary alicyclic amines) is 1. The van der Waals surface area contributed by atoms with Crippen molar-refractivity contribution in [2.24, 2.45) is 5.92 Å². The average Bonchev–Trinajstić information content (AvgIpc) is 3.29. The van der Waals surface area contributed by atoms with Gasteiger partial charge in [-0.2, -0.15) is 4.98 Å². The number of carbonyl (C=O) groups excluding carboxylic acids is 1. The number of fused-ring (bicyclic) bond motifs is 1. The smallest absolute Gasteiger partial charge is 0.241 e. The monoisotopic (exact) mass is 446 g/mol. The summed E-state index contributed by atoms with van der Waals surface area (Å²) in [5.41, 5.74) is 1.74. The lowest BCUT2D eigenvalue weighted by Crippen LogP contribution is -2.37. The molecule has 0 bridgehead atoms. The molecule has 162 valence electrons. The van der Waals surface area contributed by atoms with E-state index >= 15 is 0 Å². The van der Waals surface area contributed by atoms with E-state index in [-0.39, 0.29) is 11.8 Å². The lowest BCUT2D eigenvalue weighted by Gasteiger charge is -2.30. The molecule has 32 heavy (non-hydrogen) atoms. The summed E-state index contributed by atoms with van der Waals surface area (Å²) in [5, 5.41) is 10.1. The molecule has 1 aliphatic heterocycles. The molecule has 7 heteroatoms. The van der Waals surface area contributed by atoms with Gasteiger partial charge in [0.15, 0.2) is 0 Å². The van der Waals surface area contributed by atoms with Gasteiger partial charge in [-0.1, -0.05) is 53.2 Å². The van der Waals surface area contributed by atoms with E-state index in [0.717, 1.165) is 48.0 Å². The summed E-state index contributed by atoms with van der Waals surface area (Å²) < 4.78 is 5.43. The molecule has 1 aromatic heterocycles. The topological polar surface area (TPSA) is 71.3 Å². The van der Waals surface area contributed by atoms with Gasteiger partial charge < -0.3 is 9.84 Å². The third-order valence-corrected chi connectivity index (χ3v) is 6.19. The van der Waals surface area contributed by atoms with E-state index in [2.05, 4.69) is 32.5 Å². The molecule has 2 heterocycles. The Bertz CT molecular complexity index is 1220. The van der Waals surface area contributed by atoms with Crippen molar-refractivity contribution in [1.29, 1.82) is 0 Å². The number of benzene rings is 3. The number of nitrogens with zero attached hydrogens (tertiary/aromatic N) is 3. The zero-order valence-corrected chi connectivity index (χ0v) is 18.3. The average molecular weight is 447 g/mol. The van der Waals surface area contributed by atoms with Gasteiger partial charge >= 0.3 is 0 Å². The number of aromatic nitrogens is 2. The molecular weight excluding hydrogens is 424 g/mol. The standard InChI is InChI=1S/C25H23ClN4O2/c26-20-10-8-18(9-11-20)24-28-23(32-29-24)16-30-14-12-19(13-15-30)25(31)27-22-7-3-5-17-4-1-2-6-21(17)22/h1-11,19H,12-16H2,(H,27,31). The van der Waals surface area contributed by atoms with Crippen LogP contribution in [0.1, 0.15) is 18.7 Å². The van der Waals surface area contributed by atoms with Crippen LogP contribution in [0.2, 0.25) is 5.02 Å². The molecule has 1 fully saturated rings. The zero-order chi connectivity index (χ0) is 21.9. The first-order valence-electron chi connectivity index (χ1n) is 10.8. The largest absolute Gasteiger partial charge is 0.338 e. The minimum Gasteiger partial charge on any atom is -0.338 e. The van der Waals surface area contributed by atoms with E-state index < -0.39 is 0 Å². The molecule has 0 unspecified atom stereocenters. The molecule has 3 aromatic carbocycles. The van der Waals surface area contributed by atoms with Crippen molar-refractivity contribution in [1.82, 2.24) is 15.0 Å². The number of carbonyl (C=O) groups is 1. The van der Waals surface area contributed by atoms with Gasteiger partial charge in [0.25, 0.3) is 0 Å². The molecule has 1 saturated heterocycles. The van der Waals surface area contributed by atoms with Crippen LogP contribution >= 0.6 is 11.6 Å². The number of hydrogen-bond acceptors (Lipinski definition) is 5. The summed E-state index contributed by atoms with van der Waals surface area (Å²) in [6.07, 6.45) is 1.60. The number of anilines is 1. The third-order valence-electron chi connectivity index (χ3n) is 5.94. The molecule has 0 saturated carbocycles. The molecule has 4 aromatic rings. The quantitative estimate of drug-likeness (QED) is 0.444. The van der Waals surface area contributed by atoms with Gasteiger partial charge in [0, 0.05) is 27.6 Å². The molecule has 0 radical (unpaired) electrons. The van der Waals surface area contributed by atoms with Crippen LogP contribution in [0.3, 0.4) is 0 Å². The van der Waals surface area contributed by atoms with Gasteiger partial charge in [0.2, 0.25) is 17.6 Å². The maximum atomic E-state index is 12.9. The van der Waals surface area contributed by atoms with E-state index in [0.29, 0.717) is 23.3 Å². The van der Waals surface area contributed by atoms with E-state index in [9.17, 15) is 4.79 Å². The fourth-order valence-corrected chi connectivity index (χ4v) is 4.28. The highest BCUT2D eigenvalue weighted by molar-refractivity contribution is 6.30. The summed E-state index contributed by atoms with van der Waals surface area (Å²) in [6, 6.07) is 21.4. The Hall–Kier alpha value is -3.22. The highest BCUT2D eigenvalue weighted by atomic mass is 35.5. The Kier molecular flexibility index (Phi) is 5.88. The van der Waals surface area contributed by atoms with Crippen molar-refractivity contribution in [3.05, 3.63) is 77.6 Å². The van der Waals surface area contributed by atoms with Crippen LogP contribution in [0.25, 0.3) is 22.2 Å². The van der Waals surface area contributed by atoms with Crippen LogP contribution in [0.5, 0.6) is 0 Å². The van der Waals surface area contributed by atoms with E-state index in [1.807, 2.05) is 42.5 Å². The van der Waals surface area contributed by atoms with Gasteiger partial charge in [-0.25, -0.2) is 0 Å². The Balaban J connectivity index is 1.17. The Labute approximate surface area is 191 Å². The summed E-state index contributed by atoms with van der Waals surface area (Å²) >= 11 is 5.94. The van der Waals surface area contributed by atoms with Crippen molar-refractivity contribution in [3.63, 3.8) is 0 Å². The normalized spacial score (nSPS) is 15.2. The SMILES string of the molecule is O=C(Nc1cccc2ccccc12)C1CCN(Cc2nc(-c3ccc(Cl)cc3)no2)CC1. The van der Waals surface area contributed by atoms with Crippen molar-refractivity contribution in [2.45, 2.75) is 19.4 Å². The Morgan fingerprint density at radius 1 is 1.03 bits per heavy atom. The third kappa shape index (κ3) is 4.52. The highest BCUT2D eigenvalue weighted by Gasteiger charge is 2.26. The van der Waals surface area contributed by atoms with Gasteiger partial charge in [0.1, 0.15) is 0 Å². The molecule has 0 spiro atoms. The molecule has 0 aliphatic carbocycles. The maximum Gasteiger partial charge on any atom is 0.241 e. The van der Waals surface area contributed by atoms with Gasteiger partial charge in [-0.05, 0) is 61.6 Å². The molecule has 0 atom stereocenters. The summed E-state index contributed by atoms with van der Waals surface area (Å²) in [4.78, 5) is 19.6. The van der Waals surface area contributed by atoms with Crippen LogP contribution in [0.4, 0.5) is 5.69 Å². The molecule has 1 amide bonds. The summed E-state index contributed by atoms with van der Waals surface area (Å²) in [6.45, 7) is 2.21. The lowest BCUT2D eigenvalue weighted by atomic mass is 9.95. The predicted molar refractivity (Wildman–Crippen MR) is 125 cm³/mol. The van der Waals surface area contributed by atoms with Crippen LogP contribution in [-0.2, 0) is 11.3 Å². The number of hydrogen-bond donors (Lipinski definition) is 1. The van der Waals surface area contributed by atoms with Gasteiger partial charge in [0.05, 0.1) is 6.54 Å². The lowest BCUT2D eigenvalue weighted by molar-refractivity contribution is -0.121. The summed E-state index contributed by atoms with van der Waals surface area (Å²) in [7, 11) is 0. The number of piperidine rings is 1. The minimum absolute atomic E-state index is 0.00229. The molecule has 1 aliphatic rings. The fraction of sp³-hybridized carbons (Fsp3) is 0.240. The number of rotatable bonds is 5. The van der Waals surface area contributed by atoms with Crippen molar-refractivity contribution in [3.8, 4) is 11.4 Å². The minimum atomic E-state index is -0.00229. The Morgan fingerprint density at radius 2 is 1.78 bits per heavy atom. The van der Waals surface area contributed by atoms with Crippen molar-refractivity contribution < 1.29 is 9.32 Å². The van der Waals surface area contributed by atoms with Crippen LogP contribution in [-0.4, -0.2) is 34.0 Å². The van der Waals surface area contributed by atoms with E-state index in [1.165, 1.54) is 0 Å². The summed E-state index contributed by atoms with van der Waals surface area (Å²) in [5.74, 6) is 1.22. The first-order valence-corrected chi connectivity index (χ1v) is 11.1. The molecule has 5 rings (SSSR count). The number of amides is 1. The fourth-order valence-electron chi connectivity index (χ4n) is 4.15. The van der Waals surface area contributed by atoms with E-state index in [1.54, 1.807) is 12.1 Å². The van der Waals surface area contributed by atoms with Gasteiger partial charge in [-0.15, -0.1) is 0 Å². The van der Waals surface area contributed by atoms with Crippen LogP contribution in [0, 0.1) is 5.92 Å². The van der Waals surface area contributed by atoms with Crippen molar-refractivity contribution >= 4 is 34.0 Å².